The van der Waals surface area contributed by atoms with E-state index in [-0.39, 0.29) is 12.7 Å². The molecule has 2 heteroatoms. The SMILES string of the molecule is COC(C#Cc1ccccc1)CCO. The topological polar surface area (TPSA) is 29.5 Å². The Morgan fingerprint density at radius 2 is 2.07 bits per heavy atom. The third-order valence-corrected chi connectivity index (χ3v) is 1.83. The van der Waals surface area contributed by atoms with Crippen molar-refractivity contribution in [2.24, 2.45) is 0 Å². The Balaban J connectivity index is 2.61. The molecule has 74 valence electrons. The van der Waals surface area contributed by atoms with Gasteiger partial charge in [-0.25, -0.2) is 0 Å². The Hall–Kier alpha value is -1.30. The maximum Gasteiger partial charge on any atom is 0.120 e. The van der Waals surface area contributed by atoms with Crippen molar-refractivity contribution in [1.82, 2.24) is 0 Å². The normalized spacial score (nSPS) is 11.6. The van der Waals surface area contributed by atoms with Crippen LogP contribution in [0.15, 0.2) is 30.3 Å². The minimum atomic E-state index is -0.180. The summed E-state index contributed by atoms with van der Waals surface area (Å²) in [5.74, 6) is 5.95. The number of rotatable bonds is 3. The summed E-state index contributed by atoms with van der Waals surface area (Å²) in [4.78, 5) is 0. The van der Waals surface area contributed by atoms with Gasteiger partial charge in [0, 0.05) is 25.7 Å². The molecule has 2 nitrogen and oxygen atoms in total. The van der Waals surface area contributed by atoms with Gasteiger partial charge < -0.3 is 9.84 Å². The minimum absolute atomic E-state index is 0.0992. The van der Waals surface area contributed by atoms with Crippen LogP contribution >= 0.6 is 0 Å². The van der Waals surface area contributed by atoms with Gasteiger partial charge in [-0.3, -0.25) is 0 Å². The molecule has 1 unspecified atom stereocenters. The minimum Gasteiger partial charge on any atom is -0.396 e. The summed E-state index contributed by atoms with van der Waals surface area (Å²) in [6, 6.07) is 9.72. The van der Waals surface area contributed by atoms with E-state index in [2.05, 4.69) is 11.8 Å². The van der Waals surface area contributed by atoms with Crippen LogP contribution in [-0.2, 0) is 4.74 Å². The van der Waals surface area contributed by atoms with E-state index >= 15 is 0 Å². The van der Waals surface area contributed by atoms with Gasteiger partial charge in [0.1, 0.15) is 6.10 Å². The van der Waals surface area contributed by atoms with Gasteiger partial charge in [-0.15, -0.1) is 0 Å². The van der Waals surface area contributed by atoms with Gasteiger partial charge in [0.15, 0.2) is 0 Å². The van der Waals surface area contributed by atoms with Gasteiger partial charge in [-0.1, -0.05) is 30.0 Å². The second-order valence-electron chi connectivity index (χ2n) is 2.87. The third kappa shape index (κ3) is 3.61. The van der Waals surface area contributed by atoms with Gasteiger partial charge >= 0.3 is 0 Å². The predicted octanol–water partition coefficient (Wildman–Crippen LogP) is 1.44. The Labute approximate surface area is 84.5 Å². The highest BCUT2D eigenvalue weighted by Crippen LogP contribution is 1.98. The van der Waals surface area contributed by atoms with Crippen molar-refractivity contribution >= 4 is 0 Å². The highest BCUT2D eigenvalue weighted by atomic mass is 16.5. The second-order valence-corrected chi connectivity index (χ2v) is 2.87. The third-order valence-electron chi connectivity index (χ3n) is 1.83. The first-order valence-corrected chi connectivity index (χ1v) is 4.57. The number of methoxy groups -OCH3 is 1. The molecule has 0 radical (unpaired) electrons. The second kappa shape index (κ2) is 6.20. The number of hydrogen-bond acceptors (Lipinski definition) is 2. The lowest BCUT2D eigenvalue weighted by molar-refractivity contribution is 0.119. The van der Waals surface area contributed by atoms with E-state index in [1.165, 1.54) is 0 Å². The van der Waals surface area contributed by atoms with E-state index in [4.69, 9.17) is 9.84 Å². The van der Waals surface area contributed by atoms with Crippen LogP contribution in [0.1, 0.15) is 12.0 Å². The summed E-state index contributed by atoms with van der Waals surface area (Å²) < 4.78 is 5.08. The average molecular weight is 190 g/mol. The van der Waals surface area contributed by atoms with E-state index in [1.807, 2.05) is 30.3 Å². The van der Waals surface area contributed by atoms with E-state index in [0.29, 0.717) is 6.42 Å². The highest BCUT2D eigenvalue weighted by molar-refractivity contribution is 5.34. The van der Waals surface area contributed by atoms with E-state index in [9.17, 15) is 0 Å². The van der Waals surface area contributed by atoms with Gasteiger partial charge in [0.25, 0.3) is 0 Å². The van der Waals surface area contributed by atoms with Gasteiger partial charge in [0.2, 0.25) is 0 Å². The summed E-state index contributed by atoms with van der Waals surface area (Å²) in [5.41, 5.74) is 0.965. The molecule has 0 aromatic heterocycles. The number of hydrogen-bond donors (Lipinski definition) is 1. The van der Waals surface area contributed by atoms with Crippen LogP contribution < -0.4 is 0 Å². The molecule has 0 spiro atoms. The zero-order valence-electron chi connectivity index (χ0n) is 8.23. The lowest BCUT2D eigenvalue weighted by Gasteiger charge is -2.04. The molecular formula is C12H14O2. The molecule has 0 aliphatic rings. The monoisotopic (exact) mass is 190 g/mol. The number of aliphatic hydroxyl groups is 1. The molecule has 0 fully saturated rings. The lowest BCUT2D eigenvalue weighted by Crippen LogP contribution is -2.09. The molecule has 1 atom stereocenters. The Morgan fingerprint density at radius 3 is 2.64 bits per heavy atom. The molecule has 14 heavy (non-hydrogen) atoms. The van der Waals surface area contributed by atoms with Crippen molar-refractivity contribution < 1.29 is 9.84 Å². The Morgan fingerprint density at radius 1 is 1.36 bits per heavy atom. The molecule has 0 aliphatic carbocycles. The Kier molecular flexibility index (Phi) is 4.77. The maximum atomic E-state index is 8.72. The van der Waals surface area contributed by atoms with Gasteiger partial charge in [-0.2, -0.15) is 0 Å². The average Bonchev–Trinajstić information content (AvgIpc) is 2.25. The van der Waals surface area contributed by atoms with Crippen molar-refractivity contribution in [3.05, 3.63) is 35.9 Å². The zero-order chi connectivity index (χ0) is 10.2. The smallest absolute Gasteiger partial charge is 0.120 e. The van der Waals surface area contributed by atoms with Crippen molar-refractivity contribution in [3.63, 3.8) is 0 Å². The van der Waals surface area contributed by atoms with Crippen LogP contribution in [0.4, 0.5) is 0 Å². The fraction of sp³-hybridized carbons (Fsp3) is 0.333. The zero-order valence-corrected chi connectivity index (χ0v) is 8.23. The van der Waals surface area contributed by atoms with E-state index in [0.717, 1.165) is 5.56 Å². The summed E-state index contributed by atoms with van der Waals surface area (Å²) in [5, 5.41) is 8.72. The van der Waals surface area contributed by atoms with Crippen molar-refractivity contribution in [2.75, 3.05) is 13.7 Å². The number of aliphatic hydroxyl groups excluding tert-OH is 1. The molecule has 1 N–H and O–H groups in total. The first-order chi connectivity index (χ1) is 6.86. The standard InChI is InChI=1S/C12H14O2/c1-14-12(9-10-13)8-7-11-5-3-2-4-6-11/h2-6,12-13H,9-10H2,1H3. The fourth-order valence-electron chi connectivity index (χ4n) is 1.05. The first-order valence-electron chi connectivity index (χ1n) is 4.57. The van der Waals surface area contributed by atoms with Crippen molar-refractivity contribution in [2.45, 2.75) is 12.5 Å². The predicted molar refractivity (Wildman–Crippen MR) is 55.8 cm³/mol. The number of ether oxygens (including phenoxy) is 1. The van der Waals surface area contributed by atoms with Crippen LogP contribution in [0.5, 0.6) is 0 Å². The molecule has 0 aliphatic heterocycles. The molecule has 1 rings (SSSR count). The molecule has 0 amide bonds. The quantitative estimate of drug-likeness (QED) is 0.731. The summed E-state index contributed by atoms with van der Waals surface area (Å²) in [6.07, 6.45) is 0.372. The van der Waals surface area contributed by atoms with E-state index < -0.39 is 0 Å². The van der Waals surface area contributed by atoms with Crippen LogP contribution in [-0.4, -0.2) is 24.9 Å². The van der Waals surface area contributed by atoms with Gasteiger partial charge in [-0.05, 0) is 12.1 Å². The van der Waals surface area contributed by atoms with Crippen molar-refractivity contribution in [1.29, 1.82) is 0 Å². The molecule has 0 bridgehead atoms. The summed E-state index contributed by atoms with van der Waals surface area (Å²) in [7, 11) is 1.60. The molecule has 1 aromatic rings. The maximum absolute atomic E-state index is 8.72. The molecule has 0 saturated carbocycles. The van der Waals surface area contributed by atoms with Crippen LogP contribution in [0.3, 0.4) is 0 Å². The molecular weight excluding hydrogens is 176 g/mol. The van der Waals surface area contributed by atoms with Crippen LogP contribution in [0.25, 0.3) is 0 Å². The highest BCUT2D eigenvalue weighted by Gasteiger charge is 1.99. The molecule has 0 saturated heterocycles. The number of benzene rings is 1. The lowest BCUT2D eigenvalue weighted by atomic mass is 10.2. The van der Waals surface area contributed by atoms with Gasteiger partial charge in [0.05, 0.1) is 0 Å². The fourth-order valence-corrected chi connectivity index (χ4v) is 1.05. The molecule has 0 heterocycles. The first kappa shape index (κ1) is 10.8. The van der Waals surface area contributed by atoms with Crippen LogP contribution in [0, 0.1) is 11.8 Å². The van der Waals surface area contributed by atoms with Crippen molar-refractivity contribution in [3.8, 4) is 11.8 Å². The van der Waals surface area contributed by atoms with E-state index in [1.54, 1.807) is 7.11 Å². The summed E-state index contributed by atoms with van der Waals surface area (Å²) in [6.45, 7) is 0.0992. The largest absolute Gasteiger partial charge is 0.396 e. The Bertz CT molecular complexity index is 308. The molecule has 1 aromatic carbocycles. The summed E-state index contributed by atoms with van der Waals surface area (Å²) >= 11 is 0. The van der Waals surface area contributed by atoms with Crippen LogP contribution in [0.2, 0.25) is 0 Å².